The van der Waals surface area contributed by atoms with Gasteiger partial charge in [-0.25, -0.2) is 0 Å². The number of hydrogen-bond acceptors (Lipinski definition) is 2. The van der Waals surface area contributed by atoms with E-state index < -0.39 is 0 Å². The molecule has 11 heavy (non-hydrogen) atoms. The fraction of sp³-hybridized carbons (Fsp3) is 1.00. The van der Waals surface area contributed by atoms with Gasteiger partial charge in [-0.15, -0.1) is 0 Å². The van der Waals surface area contributed by atoms with Crippen LogP contribution in [0.1, 0.15) is 26.2 Å². The number of rotatable bonds is 2. The highest BCUT2D eigenvalue weighted by Crippen LogP contribution is 2.12. The molecule has 0 spiro atoms. The molecule has 1 saturated heterocycles. The Hall–Kier alpha value is -0.0800. The summed E-state index contributed by atoms with van der Waals surface area (Å²) in [6, 6.07) is 1.46. The topological polar surface area (TPSA) is 15.3 Å². The van der Waals surface area contributed by atoms with Crippen molar-refractivity contribution in [1.82, 2.24) is 10.2 Å². The van der Waals surface area contributed by atoms with E-state index >= 15 is 0 Å². The summed E-state index contributed by atoms with van der Waals surface area (Å²) in [6.45, 7) is 3.46. The zero-order valence-corrected chi connectivity index (χ0v) is 7.93. The second kappa shape index (κ2) is 4.07. The van der Waals surface area contributed by atoms with E-state index in [2.05, 4.69) is 31.2 Å². The van der Waals surface area contributed by atoms with Crippen molar-refractivity contribution in [1.29, 1.82) is 0 Å². The molecule has 0 radical (unpaired) electrons. The van der Waals surface area contributed by atoms with Crippen molar-refractivity contribution in [3.05, 3.63) is 0 Å². The Labute approximate surface area is 70.0 Å². The van der Waals surface area contributed by atoms with Crippen molar-refractivity contribution >= 4 is 0 Å². The van der Waals surface area contributed by atoms with Crippen LogP contribution in [0.5, 0.6) is 0 Å². The minimum atomic E-state index is 0.730. The van der Waals surface area contributed by atoms with Gasteiger partial charge in [0.15, 0.2) is 0 Å². The fourth-order valence-electron chi connectivity index (χ4n) is 1.82. The van der Waals surface area contributed by atoms with Crippen molar-refractivity contribution < 1.29 is 0 Å². The Kier molecular flexibility index (Phi) is 3.34. The first-order chi connectivity index (χ1) is 5.18. The predicted molar refractivity (Wildman–Crippen MR) is 48.8 cm³/mol. The van der Waals surface area contributed by atoms with E-state index in [1.807, 2.05) is 0 Å². The zero-order valence-electron chi connectivity index (χ0n) is 7.93. The molecule has 1 heterocycles. The second-order valence-corrected chi connectivity index (χ2v) is 3.96. The van der Waals surface area contributed by atoms with Crippen molar-refractivity contribution in [2.75, 3.05) is 20.6 Å². The van der Waals surface area contributed by atoms with Gasteiger partial charge in [0.25, 0.3) is 0 Å². The molecule has 0 aromatic rings. The van der Waals surface area contributed by atoms with Crippen molar-refractivity contribution in [3.63, 3.8) is 0 Å². The van der Waals surface area contributed by atoms with Gasteiger partial charge in [0.05, 0.1) is 0 Å². The Morgan fingerprint density at radius 1 is 1.36 bits per heavy atom. The lowest BCUT2D eigenvalue weighted by Crippen LogP contribution is -2.45. The number of likely N-dealkylation sites (N-methyl/N-ethyl adjacent to an activating group) is 1. The molecule has 1 fully saturated rings. The van der Waals surface area contributed by atoms with Gasteiger partial charge in [0.1, 0.15) is 0 Å². The van der Waals surface area contributed by atoms with Crippen LogP contribution < -0.4 is 5.32 Å². The van der Waals surface area contributed by atoms with Crippen LogP contribution in [0.2, 0.25) is 0 Å². The lowest BCUT2D eigenvalue weighted by Gasteiger charge is -2.30. The van der Waals surface area contributed by atoms with Crippen LogP contribution in [0, 0.1) is 0 Å². The Morgan fingerprint density at radius 3 is 2.64 bits per heavy atom. The molecule has 1 aliphatic rings. The maximum Gasteiger partial charge on any atom is 0.0197 e. The van der Waals surface area contributed by atoms with Crippen LogP contribution >= 0.6 is 0 Å². The number of nitrogens with one attached hydrogen (secondary N) is 1. The summed E-state index contributed by atoms with van der Waals surface area (Å²) in [7, 11) is 4.28. The monoisotopic (exact) mass is 156 g/mol. The number of piperidine rings is 1. The molecule has 0 amide bonds. The van der Waals surface area contributed by atoms with Crippen LogP contribution in [-0.4, -0.2) is 37.6 Å². The molecule has 0 unspecified atom stereocenters. The van der Waals surface area contributed by atoms with Crippen LogP contribution in [0.4, 0.5) is 0 Å². The predicted octanol–water partition coefficient (Wildman–Crippen LogP) is 1.08. The largest absolute Gasteiger partial charge is 0.310 e. The Balaban J connectivity index is 2.23. The van der Waals surface area contributed by atoms with Gasteiger partial charge in [-0.2, -0.15) is 0 Å². The maximum absolute atomic E-state index is 3.61. The normalized spacial score (nSPS) is 32.7. The summed E-state index contributed by atoms with van der Waals surface area (Å²) in [6.07, 6.45) is 4.10. The van der Waals surface area contributed by atoms with Gasteiger partial charge >= 0.3 is 0 Å². The first kappa shape index (κ1) is 9.01. The zero-order chi connectivity index (χ0) is 8.27. The fourth-order valence-corrected chi connectivity index (χ4v) is 1.82. The van der Waals surface area contributed by atoms with Crippen molar-refractivity contribution in [2.24, 2.45) is 0 Å². The van der Waals surface area contributed by atoms with Crippen LogP contribution in [0.15, 0.2) is 0 Å². The lowest BCUT2D eigenvalue weighted by molar-refractivity contribution is 0.267. The SMILES string of the molecule is C[C@H]1CCC[C@H](CN(C)C)N1. The first-order valence-corrected chi connectivity index (χ1v) is 4.59. The molecule has 2 atom stereocenters. The molecule has 0 aromatic heterocycles. The maximum atomic E-state index is 3.61. The van der Waals surface area contributed by atoms with E-state index in [1.54, 1.807) is 0 Å². The average molecular weight is 156 g/mol. The molecule has 66 valence electrons. The second-order valence-electron chi connectivity index (χ2n) is 3.96. The van der Waals surface area contributed by atoms with Crippen molar-refractivity contribution in [3.8, 4) is 0 Å². The third-order valence-corrected chi connectivity index (χ3v) is 2.30. The van der Waals surface area contributed by atoms with E-state index in [0.717, 1.165) is 12.1 Å². The molecule has 1 N–H and O–H groups in total. The van der Waals surface area contributed by atoms with Gasteiger partial charge in [0, 0.05) is 18.6 Å². The smallest absolute Gasteiger partial charge is 0.0197 e. The molecular weight excluding hydrogens is 136 g/mol. The number of hydrogen-bond donors (Lipinski definition) is 1. The van der Waals surface area contributed by atoms with Gasteiger partial charge in [-0.3, -0.25) is 0 Å². The van der Waals surface area contributed by atoms with Crippen LogP contribution in [-0.2, 0) is 0 Å². The third kappa shape index (κ3) is 3.21. The molecule has 2 nitrogen and oxygen atoms in total. The average Bonchev–Trinajstić information content (AvgIpc) is 1.85. The quantitative estimate of drug-likeness (QED) is 0.643. The highest BCUT2D eigenvalue weighted by Gasteiger charge is 2.17. The molecule has 1 rings (SSSR count). The minimum Gasteiger partial charge on any atom is -0.310 e. The summed E-state index contributed by atoms with van der Waals surface area (Å²) >= 11 is 0. The molecule has 2 heteroatoms. The molecule has 1 aliphatic heterocycles. The van der Waals surface area contributed by atoms with E-state index in [4.69, 9.17) is 0 Å². The summed E-state index contributed by atoms with van der Waals surface area (Å²) in [5.41, 5.74) is 0. The number of nitrogens with zero attached hydrogens (tertiary/aromatic N) is 1. The van der Waals surface area contributed by atoms with Gasteiger partial charge in [-0.05, 0) is 33.9 Å². The molecule has 0 bridgehead atoms. The summed E-state index contributed by atoms with van der Waals surface area (Å²) in [5, 5.41) is 3.61. The van der Waals surface area contributed by atoms with E-state index in [9.17, 15) is 0 Å². The molecule has 0 saturated carbocycles. The standard InChI is InChI=1S/C9H20N2/c1-8-5-4-6-9(10-8)7-11(2)3/h8-10H,4-7H2,1-3H3/t8-,9+/m0/s1. The molecular formula is C9H20N2. The summed E-state index contributed by atoms with van der Waals surface area (Å²) in [4.78, 5) is 2.26. The van der Waals surface area contributed by atoms with E-state index in [0.29, 0.717) is 0 Å². The third-order valence-electron chi connectivity index (χ3n) is 2.30. The highest BCUT2D eigenvalue weighted by atomic mass is 15.1. The van der Waals surface area contributed by atoms with Crippen LogP contribution in [0.25, 0.3) is 0 Å². The van der Waals surface area contributed by atoms with Gasteiger partial charge in [0.2, 0.25) is 0 Å². The molecule has 0 aliphatic carbocycles. The van der Waals surface area contributed by atoms with Crippen molar-refractivity contribution in [2.45, 2.75) is 38.3 Å². The minimum absolute atomic E-state index is 0.730. The van der Waals surface area contributed by atoms with E-state index in [1.165, 1.54) is 25.8 Å². The summed E-state index contributed by atoms with van der Waals surface area (Å²) < 4.78 is 0. The molecule has 0 aromatic carbocycles. The van der Waals surface area contributed by atoms with Gasteiger partial charge < -0.3 is 10.2 Å². The van der Waals surface area contributed by atoms with Gasteiger partial charge in [-0.1, -0.05) is 6.42 Å². The summed E-state index contributed by atoms with van der Waals surface area (Å²) in [5.74, 6) is 0. The highest BCUT2D eigenvalue weighted by molar-refractivity contribution is 4.78. The first-order valence-electron chi connectivity index (χ1n) is 4.59. The van der Waals surface area contributed by atoms with E-state index in [-0.39, 0.29) is 0 Å². The lowest BCUT2D eigenvalue weighted by atomic mass is 9.99. The van der Waals surface area contributed by atoms with Crippen LogP contribution in [0.3, 0.4) is 0 Å². The Morgan fingerprint density at radius 2 is 2.09 bits per heavy atom. The Bertz CT molecular complexity index is 110.